The number of likely N-dealkylation sites (N-methyl/N-ethyl adjacent to an activating group) is 1. The fourth-order valence-electron chi connectivity index (χ4n) is 6.09. The molecule has 1 saturated carbocycles. The summed E-state index contributed by atoms with van der Waals surface area (Å²) in [5.41, 5.74) is 6.09. The predicted molar refractivity (Wildman–Crippen MR) is 132 cm³/mol. The first-order valence-corrected chi connectivity index (χ1v) is 12.4. The molecule has 0 aromatic heterocycles. The number of anilines is 1. The molecule has 33 heavy (non-hydrogen) atoms. The molecule has 0 atom stereocenters. The van der Waals surface area contributed by atoms with Crippen LogP contribution in [0.4, 0.5) is 5.69 Å². The summed E-state index contributed by atoms with van der Waals surface area (Å²) < 4.78 is 5.60. The molecule has 3 aliphatic carbocycles. The van der Waals surface area contributed by atoms with E-state index in [-0.39, 0.29) is 11.4 Å². The molecule has 2 aromatic carbocycles. The summed E-state index contributed by atoms with van der Waals surface area (Å²) >= 11 is 0. The van der Waals surface area contributed by atoms with Crippen LogP contribution < -0.4 is 25.4 Å². The van der Waals surface area contributed by atoms with Crippen LogP contribution in [0.1, 0.15) is 48.0 Å². The minimum Gasteiger partial charge on any atom is -0.496 e. The Kier molecular flexibility index (Phi) is 4.98. The first-order valence-electron chi connectivity index (χ1n) is 12.4. The number of rotatable bonds is 5. The normalized spacial score (nSPS) is 21.1. The summed E-state index contributed by atoms with van der Waals surface area (Å²) in [4.78, 5) is 18.3. The minimum absolute atomic E-state index is 0.0184. The van der Waals surface area contributed by atoms with E-state index in [1.54, 1.807) is 12.7 Å². The van der Waals surface area contributed by atoms with Gasteiger partial charge in [0.05, 0.1) is 18.2 Å². The van der Waals surface area contributed by atoms with Crippen LogP contribution in [0.2, 0.25) is 0 Å². The second-order valence-electron chi connectivity index (χ2n) is 10.1. The lowest BCUT2D eigenvalue weighted by Gasteiger charge is -2.34. The molecule has 2 aromatic rings. The number of nitrogens with zero attached hydrogens (tertiary/aromatic N) is 2. The number of carbonyl (C=O) groups excluding carboxylic acids is 1. The first kappa shape index (κ1) is 20.8. The van der Waals surface area contributed by atoms with Crippen LogP contribution in [-0.4, -0.2) is 56.7 Å². The molecule has 2 fully saturated rings. The van der Waals surface area contributed by atoms with E-state index in [2.05, 4.69) is 46.4 Å². The van der Waals surface area contributed by atoms with Gasteiger partial charge in [0.2, 0.25) is 0 Å². The Balaban J connectivity index is 1.33. The van der Waals surface area contributed by atoms with Crippen LogP contribution in [-0.2, 0) is 6.42 Å². The van der Waals surface area contributed by atoms with Crippen molar-refractivity contribution in [3.63, 3.8) is 0 Å². The SMILES string of the molecule is COc1ccc(N2CCN(C)CC2)cc1C(=O)NC1(C2=c3cccc4c3=C(CC2)CC4)CC1. The second kappa shape index (κ2) is 7.91. The highest BCUT2D eigenvalue weighted by Crippen LogP contribution is 2.46. The summed E-state index contributed by atoms with van der Waals surface area (Å²) in [5, 5.41) is 6.35. The van der Waals surface area contributed by atoms with Crippen LogP contribution in [0.25, 0.3) is 11.1 Å². The van der Waals surface area contributed by atoms with Gasteiger partial charge in [-0.15, -0.1) is 0 Å². The quantitative estimate of drug-likeness (QED) is 0.771. The number of carbonyl (C=O) groups is 1. The molecule has 1 heterocycles. The van der Waals surface area contributed by atoms with Crippen molar-refractivity contribution in [1.82, 2.24) is 10.2 Å². The molecular weight excluding hydrogens is 410 g/mol. The van der Waals surface area contributed by atoms with Crippen LogP contribution in [0.3, 0.4) is 0 Å². The van der Waals surface area contributed by atoms with Crippen molar-refractivity contribution >= 4 is 22.7 Å². The van der Waals surface area contributed by atoms with Gasteiger partial charge in [0.1, 0.15) is 5.75 Å². The van der Waals surface area contributed by atoms with Crippen molar-refractivity contribution in [1.29, 1.82) is 0 Å². The van der Waals surface area contributed by atoms with E-state index in [0.717, 1.165) is 57.5 Å². The summed E-state index contributed by atoms with van der Waals surface area (Å²) in [5.74, 6) is 0.626. The Hall–Kier alpha value is -2.79. The average Bonchev–Trinajstić information content (AvgIpc) is 3.50. The van der Waals surface area contributed by atoms with Gasteiger partial charge in [0, 0.05) is 31.9 Å². The number of methoxy groups -OCH3 is 1. The van der Waals surface area contributed by atoms with Gasteiger partial charge in [0.15, 0.2) is 0 Å². The van der Waals surface area contributed by atoms with Gasteiger partial charge in [-0.3, -0.25) is 4.79 Å². The number of hydrogen-bond donors (Lipinski definition) is 1. The zero-order valence-electron chi connectivity index (χ0n) is 19.7. The number of nitrogens with one attached hydrogen (secondary N) is 1. The molecule has 5 heteroatoms. The fraction of sp³-hybridized carbons (Fsp3) is 0.464. The highest BCUT2D eigenvalue weighted by atomic mass is 16.5. The summed E-state index contributed by atoms with van der Waals surface area (Å²) in [6.45, 7) is 4.03. The molecule has 1 N–H and O–H groups in total. The minimum atomic E-state index is -0.199. The van der Waals surface area contributed by atoms with E-state index in [9.17, 15) is 4.79 Å². The first-order chi connectivity index (χ1) is 16.1. The van der Waals surface area contributed by atoms with Gasteiger partial charge in [-0.25, -0.2) is 0 Å². The number of amides is 1. The molecule has 5 nitrogen and oxygen atoms in total. The Bertz CT molecular complexity index is 1240. The maximum atomic E-state index is 13.6. The Morgan fingerprint density at radius 2 is 1.79 bits per heavy atom. The van der Waals surface area contributed by atoms with E-state index in [1.807, 2.05) is 12.1 Å². The largest absolute Gasteiger partial charge is 0.496 e. The molecule has 1 saturated heterocycles. The molecule has 0 bridgehead atoms. The molecule has 172 valence electrons. The van der Waals surface area contributed by atoms with Gasteiger partial charge in [-0.05, 0) is 85.3 Å². The van der Waals surface area contributed by atoms with Crippen LogP contribution in [0, 0.1) is 0 Å². The van der Waals surface area contributed by atoms with Crippen LogP contribution >= 0.6 is 0 Å². The van der Waals surface area contributed by atoms with E-state index >= 15 is 0 Å². The zero-order chi connectivity index (χ0) is 22.6. The number of hydrogen-bond acceptors (Lipinski definition) is 4. The number of piperazine rings is 1. The Labute approximate surface area is 195 Å². The smallest absolute Gasteiger partial charge is 0.255 e. The van der Waals surface area contributed by atoms with E-state index < -0.39 is 0 Å². The lowest BCUT2D eigenvalue weighted by Crippen LogP contribution is -2.45. The lowest BCUT2D eigenvalue weighted by molar-refractivity contribution is 0.0938. The average molecular weight is 444 g/mol. The maximum Gasteiger partial charge on any atom is 0.255 e. The maximum absolute atomic E-state index is 13.6. The third kappa shape index (κ3) is 3.54. The second-order valence-corrected chi connectivity index (χ2v) is 10.1. The zero-order valence-corrected chi connectivity index (χ0v) is 19.7. The lowest BCUT2D eigenvalue weighted by atomic mass is 9.88. The molecule has 6 rings (SSSR count). The monoisotopic (exact) mass is 443 g/mol. The number of benzene rings is 2. The van der Waals surface area contributed by atoms with Crippen molar-refractivity contribution < 1.29 is 9.53 Å². The molecular formula is C28H33N3O2. The highest BCUT2D eigenvalue weighted by molar-refractivity contribution is 5.99. The summed E-state index contributed by atoms with van der Waals surface area (Å²) in [6, 6.07) is 12.8. The third-order valence-electron chi connectivity index (χ3n) is 8.18. The predicted octanol–water partition coefficient (Wildman–Crippen LogP) is 2.45. The molecule has 0 spiro atoms. The topological polar surface area (TPSA) is 44.8 Å². The van der Waals surface area contributed by atoms with Crippen molar-refractivity contribution in [2.75, 3.05) is 45.2 Å². The van der Waals surface area contributed by atoms with Gasteiger partial charge in [0.25, 0.3) is 5.91 Å². The number of aryl methyl sites for hydroxylation is 1. The Morgan fingerprint density at radius 1 is 1.00 bits per heavy atom. The van der Waals surface area contributed by atoms with Crippen molar-refractivity contribution in [3.05, 3.63) is 58.0 Å². The molecule has 0 radical (unpaired) electrons. The Morgan fingerprint density at radius 3 is 2.55 bits per heavy atom. The third-order valence-corrected chi connectivity index (χ3v) is 8.18. The highest BCUT2D eigenvalue weighted by Gasteiger charge is 2.48. The van der Waals surface area contributed by atoms with Gasteiger partial charge < -0.3 is 19.9 Å². The van der Waals surface area contributed by atoms with Gasteiger partial charge in [-0.2, -0.15) is 0 Å². The molecule has 1 aliphatic heterocycles. The van der Waals surface area contributed by atoms with E-state index in [4.69, 9.17) is 4.74 Å². The molecule has 0 unspecified atom stereocenters. The van der Waals surface area contributed by atoms with Crippen LogP contribution in [0.5, 0.6) is 5.75 Å². The van der Waals surface area contributed by atoms with Crippen LogP contribution in [0.15, 0.2) is 36.4 Å². The van der Waals surface area contributed by atoms with Crippen molar-refractivity contribution in [3.8, 4) is 5.75 Å². The fourth-order valence-corrected chi connectivity index (χ4v) is 6.09. The summed E-state index contributed by atoms with van der Waals surface area (Å²) in [7, 11) is 3.81. The standard InChI is InChI=1S/C28H33N3O2/c1-30-14-16-31(17-15-30)21-9-11-25(33-2)23(18-21)27(32)29-28(12-13-28)24-10-8-20-7-6-19-4-3-5-22(24)26(19)20/h3-5,9,11,18H,6-8,10,12-17H2,1-2H3,(H,29,32). The van der Waals surface area contributed by atoms with Gasteiger partial charge in [-0.1, -0.05) is 23.8 Å². The van der Waals surface area contributed by atoms with Gasteiger partial charge >= 0.3 is 0 Å². The van der Waals surface area contributed by atoms with Crippen molar-refractivity contribution in [2.45, 2.75) is 44.1 Å². The van der Waals surface area contributed by atoms with Crippen molar-refractivity contribution in [2.24, 2.45) is 0 Å². The molecule has 4 aliphatic rings. The molecule has 1 amide bonds. The van der Waals surface area contributed by atoms with E-state index in [1.165, 1.54) is 34.4 Å². The number of ether oxygens (including phenoxy) is 1. The van der Waals surface area contributed by atoms with E-state index in [0.29, 0.717) is 11.3 Å². The summed E-state index contributed by atoms with van der Waals surface area (Å²) in [6.07, 6.45) is 6.61.